The second-order valence-corrected chi connectivity index (χ2v) is 9.99. The average Bonchev–Trinajstić information content (AvgIpc) is 3.19. The van der Waals surface area contributed by atoms with Gasteiger partial charge < -0.3 is 39.5 Å². The van der Waals surface area contributed by atoms with Gasteiger partial charge >= 0.3 is 23.9 Å². The molecule has 0 radical (unpaired) electrons. The van der Waals surface area contributed by atoms with Gasteiger partial charge in [0.25, 0.3) is 0 Å². The highest BCUT2D eigenvalue weighted by atomic mass is 16.6. The minimum absolute atomic E-state index is 0.0648. The summed E-state index contributed by atoms with van der Waals surface area (Å²) in [4.78, 5) is 48.6. The Kier molecular flexibility index (Phi) is 5.91. The molecule has 12 nitrogen and oxygen atoms in total. The van der Waals surface area contributed by atoms with Crippen LogP contribution in [0.5, 0.6) is 11.5 Å². The number of aliphatic carboxylic acids is 2. The number of likely N-dealkylation sites (N-methyl/N-ethyl adjacent to an activating group) is 1. The van der Waals surface area contributed by atoms with Gasteiger partial charge in [-0.15, -0.1) is 0 Å². The number of nitrogens with zero attached hydrogens (tertiary/aromatic N) is 1. The summed E-state index contributed by atoms with van der Waals surface area (Å²) in [5.41, 5.74) is -0.443. The van der Waals surface area contributed by atoms with Crippen LogP contribution in [0.4, 0.5) is 0 Å². The average molecular weight is 517 g/mol. The summed E-state index contributed by atoms with van der Waals surface area (Å²) < 4.78 is 16.4. The van der Waals surface area contributed by atoms with Gasteiger partial charge in [-0.1, -0.05) is 6.07 Å². The number of hydrogen-bond acceptors (Lipinski definition) is 10. The van der Waals surface area contributed by atoms with Crippen LogP contribution in [0.25, 0.3) is 0 Å². The van der Waals surface area contributed by atoms with E-state index in [9.17, 15) is 29.4 Å². The minimum Gasteiger partial charge on any atom is -0.504 e. The fourth-order valence-corrected chi connectivity index (χ4v) is 6.38. The molecule has 1 fully saturated rings. The fourth-order valence-electron chi connectivity index (χ4n) is 6.38. The molecule has 1 aromatic carbocycles. The Morgan fingerprint density at radius 1 is 1.19 bits per heavy atom. The molecule has 1 aromatic rings. The highest BCUT2D eigenvalue weighted by molar-refractivity contribution is 5.84. The molecule has 4 aliphatic rings. The van der Waals surface area contributed by atoms with Crippen molar-refractivity contribution in [2.75, 3.05) is 13.6 Å². The van der Waals surface area contributed by atoms with Gasteiger partial charge in [0.15, 0.2) is 17.6 Å². The highest BCUT2D eigenvalue weighted by Crippen LogP contribution is 2.65. The highest BCUT2D eigenvalue weighted by Gasteiger charge is 2.72. The van der Waals surface area contributed by atoms with Crippen molar-refractivity contribution in [3.63, 3.8) is 0 Å². The maximum Gasteiger partial charge on any atom is 0.345 e. The van der Waals surface area contributed by atoms with Crippen molar-refractivity contribution in [1.82, 2.24) is 4.90 Å². The lowest BCUT2D eigenvalue weighted by atomic mass is 9.50. The van der Waals surface area contributed by atoms with Crippen molar-refractivity contribution in [3.05, 3.63) is 35.1 Å². The monoisotopic (exact) mass is 517 g/mol. The Bertz CT molecular complexity index is 1230. The topological polar surface area (TPSA) is 180 Å². The molecule has 1 saturated heterocycles. The van der Waals surface area contributed by atoms with E-state index >= 15 is 0 Å². The van der Waals surface area contributed by atoms with Crippen molar-refractivity contribution < 1.29 is 53.8 Å². The Hall–Kier alpha value is -3.64. The van der Waals surface area contributed by atoms with Crippen molar-refractivity contribution in [1.29, 1.82) is 0 Å². The molecule has 0 saturated carbocycles. The van der Waals surface area contributed by atoms with Crippen LogP contribution in [0.1, 0.15) is 43.2 Å². The van der Waals surface area contributed by atoms with E-state index in [1.54, 1.807) is 12.1 Å². The molecule has 2 heterocycles. The predicted molar refractivity (Wildman–Crippen MR) is 122 cm³/mol. The van der Waals surface area contributed by atoms with Gasteiger partial charge in [0.05, 0.1) is 30.3 Å². The number of esters is 2. The summed E-state index contributed by atoms with van der Waals surface area (Å²) in [5, 5.41) is 40.4. The van der Waals surface area contributed by atoms with Crippen molar-refractivity contribution in [2.45, 2.75) is 67.8 Å². The number of carboxylic acids is 2. The summed E-state index contributed by atoms with van der Waals surface area (Å²) in [7, 11) is 1.95. The van der Waals surface area contributed by atoms with Gasteiger partial charge in [0, 0.05) is 18.0 Å². The van der Waals surface area contributed by atoms with Gasteiger partial charge in [-0.05, 0) is 44.1 Å². The molecular formula is C25H27NO11. The second-order valence-electron chi connectivity index (χ2n) is 9.99. The van der Waals surface area contributed by atoms with Gasteiger partial charge in [0.1, 0.15) is 5.76 Å². The molecule has 0 aromatic heterocycles. The Morgan fingerprint density at radius 2 is 1.92 bits per heavy atom. The molecule has 198 valence electrons. The van der Waals surface area contributed by atoms with Crippen LogP contribution in [0.3, 0.4) is 0 Å². The van der Waals surface area contributed by atoms with E-state index in [-0.39, 0.29) is 29.7 Å². The molecule has 2 aliphatic carbocycles. The zero-order chi connectivity index (χ0) is 26.7. The Labute approximate surface area is 211 Å². The van der Waals surface area contributed by atoms with E-state index < -0.39 is 66.4 Å². The molecule has 2 bridgehead atoms. The normalized spacial score (nSPS) is 29.8. The molecule has 5 atom stereocenters. The van der Waals surface area contributed by atoms with Crippen molar-refractivity contribution in [2.24, 2.45) is 0 Å². The maximum atomic E-state index is 12.6. The van der Waals surface area contributed by atoms with E-state index in [1.807, 2.05) is 13.1 Å². The number of hydrogen-bond donors (Lipinski definition) is 4. The molecular weight excluding hydrogens is 490 g/mol. The van der Waals surface area contributed by atoms with Crippen LogP contribution < -0.4 is 4.74 Å². The van der Waals surface area contributed by atoms with Crippen LogP contribution in [0, 0.1) is 0 Å². The Balaban J connectivity index is 1.34. The number of benzene rings is 1. The molecule has 0 unspecified atom stereocenters. The van der Waals surface area contributed by atoms with Crippen molar-refractivity contribution in [3.8, 4) is 11.5 Å². The summed E-state index contributed by atoms with van der Waals surface area (Å²) in [6.07, 6.45) is -1.73. The zero-order valence-corrected chi connectivity index (χ0v) is 20.0. The number of rotatable bonds is 8. The smallest absolute Gasteiger partial charge is 0.345 e. The molecule has 12 heteroatoms. The first-order valence-corrected chi connectivity index (χ1v) is 12.0. The van der Waals surface area contributed by atoms with Crippen LogP contribution in [0.15, 0.2) is 24.0 Å². The molecule has 1 spiro atoms. The lowest BCUT2D eigenvalue weighted by molar-refractivity contribution is -0.171. The quantitative estimate of drug-likeness (QED) is 0.351. The van der Waals surface area contributed by atoms with Crippen LogP contribution in [0.2, 0.25) is 0 Å². The Morgan fingerprint density at radius 3 is 2.62 bits per heavy atom. The number of phenolic OH excluding ortho intramolecular Hbond substituents is 1. The van der Waals surface area contributed by atoms with E-state index in [2.05, 4.69) is 9.64 Å². The molecule has 4 N–H and O–H groups in total. The van der Waals surface area contributed by atoms with Crippen LogP contribution in [-0.4, -0.2) is 86.6 Å². The number of aliphatic hydroxyl groups is 1. The first-order chi connectivity index (χ1) is 17.5. The summed E-state index contributed by atoms with van der Waals surface area (Å²) in [6, 6.07) is 3.18. The lowest BCUT2D eigenvalue weighted by Gasteiger charge is -2.61. The third-order valence-electron chi connectivity index (χ3n) is 8.03. The SMILES string of the molecule is CN1CC[C@]23c4c5ccc(O)c4O[C@H]2C(OC(=O)CCC(=O)O[C@H](CC(=O)O)C(=O)O)=CC[C@@]3(O)[C@@H]1C5. The van der Waals surface area contributed by atoms with Crippen molar-refractivity contribution >= 4 is 23.9 Å². The first-order valence-electron chi connectivity index (χ1n) is 12.0. The summed E-state index contributed by atoms with van der Waals surface area (Å²) in [5.74, 6) is -4.54. The predicted octanol–water partition coefficient (Wildman–Crippen LogP) is 0.464. The molecule has 0 amide bonds. The van der Waals surface area contributed by atoms with Gasteiger partial charge in [0.2, 0.25) is 6.10 Å². The largest absolute Gasteiger partial charge is 0.504 e. The van der Waals surface area contributed by atoms with Crippen LogP contribution in [-0.2, 0) is 40.5 Å². The minimum atomic E-state index is -1.87. The van der Waals surface area contributed by atoms with E-state index in [4.69, 9.17) is 19.7 Å². The molecule has 5 rings (SSSR count). The number of piperidine rings is 1. The molecule has 2 aliphatic heterocycles. The number of phenols is 1. The molecule has 37 heavy (non-hydrogen) atoms. The van der Waals surface area contributed by atoms with Gasteiger partial charge in [-0.3, -0.25) is 14.4 Å². The number of aromatic hydroxyl groups is 1. The summed E-state index contributed by atoms with van der Waals surface area (Å²) in [6.45, 7) is 0.662. The standard InChI is InChI=1S/C25H27NO11/c1-26-9-8-24-20-12-2-3-13(27)21(20)37-22(24)14(6-7-25(24,34)16(26)10-12)35-18(30)4-5-19(31)36-15(23(32)33)11-17(28)29/h2-3,6,15-16,22,27,34H,4-5,7-11H2,1H3,(H,28,29)(H,32,33)/t15-,16+,22+,24+,25-/m1/s1. The van der Waals surface area contributed by atoms with Gasteiger partial charge in [-0.2, -0.15) is 0 Å². The van der Waals surface area contributed by atoms with E-state index in [0.29, 0.717) is 19.4 Å². The number of carbonyl (C=O) groups is 4. The maximum absolute atomic E-state index is 12.6. The van der Waals surface area contributed by atoms with E-state index in [0.717, 1.165) is 11.1 Å². The zero-order valence-electron chi connectivity index (χ0n) is 20.0. The number of ether oxygens (including phenoxy) is 3. The third kappa shape index (κ3) is 3.74. The lowest BCUT2D eigenvalue weighted by Crippen LogP contribution is -2.74. The second kappa shape index (κ2) is 8.73. The van der Waals surface area contributed by atoms with Crippen LogP contribution >= 0.6 is 0 Å². The summed E-state index contributed by atoms with van der Waals surface area (Å²) >= 11 is 0. The number of carbonyl (C=O) groups excluding carboxylic acids is 2. The number of carboxylic acid groups (broad SMARTS) is 2. The fraction of sp³-hybridized carbons (Fsp3) is 0.520. The number of likely N-dealkylation sites (tertiary alicyclic amines) is 1. The third-order valence-corrected chi connectivity index (χ3v) is 8.03. The first kappa shape index (κ1) is 25.0. The van der Waals surface area contributed by atoms with Gasteiger partial charge in [-0.25, -0.2) is 4.79 Å². The van der Waals surface area contributed by atoms with E-state index in [1.165, 1.54) is 0 Å².